The Bertz CT molecular complexity index is 1840. The van der Waals surface area contributed by atoms with Crippen LogP contribution in [-0.2, 0) is 17.5 Å². The summed E-state index contributed by atoms with van der Waals surface area (Å²) in [6.45, 7) is 4.94. The molecule has 0 aliphatic heterocycles. The molecule has 3 aromatic carbocycles. The van der Waals surface area contributed by atoms with E-state index in [0.717, 1.165) is 12.4 Å². The number of aromatic nitrogens is 3. The fraction of sp³-hybridized carbons (Fsp3) is 0.194. The van der Waals surface area contributed by atoms with Crippen LogP contribution >= 0.6 is 11.6 Å². The molecule has 2 heterocycles. The normalized spacial score (nSPS) is 11.8. The van der Waals surface area contributed by atoms with Crippen molar-refractivity contribution in [1.29, 1.82) is 0 Å². The van der Waals surface area contributed by atoms with E-state index >= 15 is 0 Å². The lowest BCUT2D eigenvalue weighted by Crippen LogP contribution is -2.27. The molecule has 228 valence electrons. The third-order valence-electron chi connectivity index (χ3n) is 6.16. The Hall–Kier alpha value is -4.84. The standard InChI is InChI=1S/C31H26ClF4N5O3/c1-30(2,3)44-29(42)40-26-15-41(14-23(26)31(34,35)36)21-8-9-25-22(13-21)28(38-17-37-25)39-20-7-10-27(24(32)12-20)43-16-18-5-4-6-19(33)11-18/h4-15,17H,16H2,1-3H3,(H,40,42)(H,37,38,39). The summed E-state index contributed by atoms with van der Waals surface area (Å²) >= 11 is 6.44. The van der Waals surface area contributed by atoms with E-state index in [1.54, 1.807) is 69.3 Å². The maximum absolute atomic E-state index is 13.9. The molecule has 0 radical (unpaired) electrons. The number of carbonyl (C=O) groups is 1. The Balaban J connectivity index is 1.40. The molecule has 2 aromatic heterocycles. The average Bonchev–Trinajstić information content (AvgIpc) is 3.36. The van der Waals surface area contributed by atoms with Gasteiger partial charge in [-0.15, -0.1) is 0 Å². The molecule has 8 nitrogen and oxygen atoms in total. The van der Waals surface area contributed by atoms with Gasteiger partial charge in [0.05, 0.1) is 21.8 Å². The van der Waals surface area contributed by atoms with E-state index < -0.39 is 29.1 Å². The predicted molar refractivity (Wildman–Crippen MR) is 159 cm³/mol. The number of hydrogen-bond donors (Lipinski definition) is 2. The highest BCUT2D eigenvalue weighted by Gasteiger charge is 2.36. The molecule has 0 saturated carbocycles. The maximum atomic E-state index is 13.9. The molecule has 1 amide bonds. The summed E-state index contributed by atoms with van der Waals surface area (Å²) in [5.74, 6) is 0.393. The monoisotopic (exact) mass is 627 g/mol. The summed E-state index contributed by atoms with van der Waals surface area (Å²) in [6.07, 6.45) is -2.36. The first kappa shape index (κ1) is 30.6. The van der Waals surface area contributed by atoms with Crippen molar-refractivity contribution in [3.05, 3.63) is 101 Å². The summed E-state index contributed by atoms with van der Waals surface area (Å²) in [5.41, 5.74) is -0.302. The SMILES string of the molecule is CC(C)(C)OC(=O)Nc1cn(-c2ccc3ncnc(Nc4ccc(OCc5cccc(F)c5)c(Cl)c4)c3c2)cc1C(F)(F)F. The Morgan fingerprint density at radius 1 is 1.00 bits per heavy atom. The van der Waals surface area contributed by atoms with Crippen LogP contribution in [0.25, 0.3) is 16.6 Å². The molecule has 2 N–H and O–H groups in total. The fourth-order valence-electron chi connectivity index (χ4n) is 4.27. The third kappa shape index (κ3) is 7.38. The maximum Gasteiger partial charge on any atom is 0.419 e. The lowest BCUT2D eigenvalue weighted by molar-refractivity contribution is -0.136. The smallest absolute Gasteiger partial charge is 0.419 e. The minimum absolute atomic E-state index is 0.119. The molecule has 0 unspecified atom stereocenters. The van der Waals surface area contributed by atoms with E-state index in [4.69, 9.17) is 21.1 Å². The molecule has 0 atom stereocenters. The van der Waals surface area contributed by atoms with Crippen LogP contribution in [0.2, 0.25) is 5.02 Å². The molecular formula is C31H26ClF4N5O3. The number of rotatable bonds is 7. The average molecular weight is 628 g/mol. The van der Waals surface area contributed by atoms with Crippen molar-refractivity contribution >= 4 is 45.8 Å². The lowest BCUT2D eigenvalue weighted by Gasteiger charge is -2.19. The highest BCUT2D eigenvalue weighted by molar-refractivity contribution is 6.32. The van der Waals surface area contributed by atoms with Crippen LogP contribution in [0.3, 0.4) is 0 Å². The predicted octanol–water partition coefficient (Wildman–Crippen LogP) is 8.90. The second-order valence-corrected chi connectivity index (χ2v) is 11.1. The second kappa shape index (κ2) is 12.0. The summed E-state index contributed by atoms with van der Waals surface area (Å²) in [7, 11) is 0. The van der Waals surface area contributed by atoms with Crippen molar-refractivity contribution in [3.63, 3.8) is 0 Å². The van der Waals surface area contributed by atoms with Crippen LogP contribution < -0.4 is 15.4 Å². The van der Waals surface area contributed by atoms with Gasteiger partial charge >= 0.3 is 12.3 Å². The molecule has 0 aliphatic carbocycles. The molecule has 44 heavy (non-hydrogen) atoms. The van der Waals surface area contributed by atoms with Gasteiger partial charge in [-0.3, -0.25) is 5.32 Å². The van der Waals surface area contributed by atoms with E-state index in [2.05, 4.69) is 20.6 Å². The number of benzene rings is 3. The van der Waals surface area contributed by atoms with E-state index in [0.29, 0.717) is 44.4 Å². The van der Waals surface area contributed by atoms with Crippen molar-refractivity contribution in [2.75, 3.05) is 10.6 Å². The van der Waals surface area contributed by atoms with Gasteiger partial charge in [0.25, 0.3) is 0 Å². The molecule has 13 heteroatoms. The number of alkyl halides is 3. The largest absolute Gasteiger partial charge is 0.487 e. The number of nitrogens with one attached hydrogen (secondary N) is 2. The van der Waals surface area contributed by atoms with E-state index in [1.165, 1.54) is 23.0 Å². The van der Waals surface area contributed by atoms with Gasteiger partial charge in [-0.2, -0.15) is 13.2 Å². The number of hydrogen-bond acceptors (Lipinski definition) is 6. The van der Waals surface area contributed by atoms with Crippen LogP contribution in [0.4, 0.5) is 39.5 Å². The first-order valence-electron chi connectivity index (χ1n) is 13.2. The lowest BCUT2D eigenvalue weighted by atomic mass is 10.2. The van der Waals surface area contributed by atoms with Crippen molar-refractivity contribution in [3.8, 4) is 11.4 Å². The highest BCUT2D eigenvalue weighted by atomic mass is 35.5. The fourth-order valence-corrected chi connectivity index (χ4v) is 4.50. The first-order valence-corrected chi connectivity index (χ1v) is 13.6. The number of halogens is 5. The van der Waals surface area contributed by atoms with Crippen LogP contribution in [0, 0.1) is 5.82 Å². The van der Waals surface area contributed by atoms with E-state index in [9.17, 15) is 22.4 Å². The number of nitrogens with zero attached hydrogens (tertiary/aromatic N) is 3. The Morgan fingerprint density at radius 2 is 1.80 bits per heavy atom. The minimum Gasteiger partial charge on any atom is -0.487 e. The van der Waals surface area contributed by atoms with Crippen LogP contribution in [0.1, 0.15) is 31.9 Å². The molecule has 0 spiro atoms. The van der Waals surface area contributed by atoms with Crippen LogP contribution in [0.5, 0.6) is 5.75 Å². The zero-order valence-corrected chi connectivity index (χ0v) is 24.4. The number of ether oxygens (including phenoxy) is 2. The zero-order valence-electron chi connectivity index (χ0n) is 23.7. The highest BCUT2D eigenvalue weighted by Crippen LogP contribution is 2.37. The number of carbonyl (C=O) groups excluding carboxylic acids is 1. The van der Waals surface area contributed by atoms with E-state index in [-0.39, 0.29) is 12.4 Å². The molecule has 5 aromatic rings. The first-order chi connectivity index (χ1) is 20.7. The summed E-state index contributed by atoms with van der Waals surface area (Å²) in [4.78, 5) is 20.8. The van der Waals surface area contributed by atoms with Gasteiger partial charge in [0, 0.05) is 29.2 Å². The number of anilines is 3. The van der Waals surface area contributed by atoms with Crippen molar-refractivity contribution in [2.24, 2.45) is 0 Å². The van der Waals surface area contributed by atoms with Crippen LogP contribution in [0.15, 0.2) is 79.4 Å². The molecule has 0 fully saturated rings. The molecular weight excluding hydrogens is 602 g/mol. The minimum atomic E-state index is -4.74. The van der Waals surface area contributed by atoms with Crippen molar-refractivity contribution in [1.82, 2.24) is 14.5 Å². The van der Waals surface area contributed by atoms with E-state index in [1.807, 2.05) is 0 Å². The molecule has 5 rings (SSSR count). The Labute approximate surface area is 254 Å². The quantitative estimate of drug-likeness (QED) is 0.175. The number of fused-ring (bicyclic) bond motifs is 1. The Morgan fingerprint density at radius 3 is 2.50 bits per heavy atom. The topological polar surface area (TPSA) is 90.3 Å². The van der Waals surface area contributed by atoms with Crippen molar-refractivity contribution in [2.45, 2.75) is 39.2 Å². The summed E-state index contributed by atoms with van der Waals surface area (Å²) in [6, 6.07) is 15.9. The van der Waals surface area contributed by atoms with Gasteiger partial charge in [-0.1, -0.05) is 23.7 Å². The summed E-state index contributed by atoms with van der Waals surface area (Å²) < 4.78 is 67.2. The molecule has 0 aliphatic rings. The second-order valence-electron chi connectivity index (χ2n) is 10.7. The molecule has 0 bridgehead atoms. The summed E-state index contributed by atoms with van der Waals surface area (Å²) in [5, 5.41) is 6.16. The van der Waals surface area contributed by atoms with Gasteiger partial charge in [0.15, 0.2) is 0 Å². The third-order valence-corrected chi connectivity index (χ3v) is 6.46. The zero-order chi connectivity index (χ0) is 31.6. The van der Waals surface area contributed by atoms with Gasteiger partial charge in [0.2, 0.25) is 0 Å². The van der Waals surface area contributed by atoms with Gasteiger partial charge in [-0.25, -0.2) is 19.2 Å². The number of amides is 1. The molecule has 0 saturated heterocycles. The van der Waals surface area contributed by atoms with Gasteiger partial charge < -0.3 is 19.4 Å². The van der Waals surface area contributed by atoms with Crippen molar-refractivity contribution < 1.29 is 31.8 Å². The van der Waals surface area contributed by atoms with Crippen LogP contribution in [-0.4, -0.2) is 26.2 Å². The van der Waals surface area contributed by atoms with Gasteiger partial charge in [-0.05, 0) is 74.9 Å². The van der Waals surface area contributed by atoms with Gasteiger partial charge in [0.1, 0.15) is 35.9 Å². The Kier molecular flexibility index (Phi) is 8.38.